The maximum Gasteiger partial charge on any atom is 0.0377 e. The van der Waals surface area contributed by atoms with Crippen molar-refractivity contribution in [2.75, 3.05) is 6.54 Å². The average molecular weight is 219 g/mol. The zero-order chi connectivity index (χ0) is 10.8. The van der Waals surface area contributed by atoms with Crippen LogP contribution >= 0.6 is 11.3 Å². The fraction of sp³-hybridized carbons (Fsp3) is 0.385. The van der Waals surface area contributed by atoms with Gasteiger partial charge in [-0.3, -0.25) is 0 Å². The lowest BCUT2D eigenvalue weighted by atomic mass is 10.0. The molecule has 2 heteroatoms. The molecule has 0 saturated heterocycles. The van der Waals surface area contributed by atoms with Crippen LogP contribution in [-0.4, -0.2) is 6.54 Å². The monoisotopic (exact) mass is 219 g/mol. The first-order chi connectivity index (χ1) is 7.24. The quantitative estimate of drug-likeness (QED) is 0.841. The SMILES string of the molecule is Cc1sc2c(C)cccc2c1CCCN. The molecule has 0 bridgehead atoms. The van der Waals surface area contributed by atoms with Crippen molar-refractivity contribution < 1.29 is 0 Å². The minimum absolute atomic E-state index is 0.780. The van der Waals surface area contributed by atoms with Crippen LogP contribution in [-0.2, 0) is 6.42 Å². The Balaban J connectivity index is 2.53. The minimum atomic E-state index is 0.780. The summed E-state index contributed by atoms with van der Waals surface area (Å²) in [5, 5.41) is 1.44. The first-order valence-electron chi connectivity index (χ1n) is 5.41. The molecule has 1 nitrogen and oxygen atoms in total. The average Bonchev–Trinajstić information content (AvgIpc) is 2.54. The van der Waals surface area contributed by atoms with Gasteiger partial charge in [0.25, 0.3) is 0 Å². The van der Waals surface area contributed by atoms with Crippen LogP contribution < -0.4 is 5.73 Å². The summed E-state index contributed by atoms with van der Waals surface area (Å²) in [6.45, 7) is 5.18. The molecule has 0 saturated carbocycles. The van der Waals surface area contributed by atoms with Gasteiger partial charge < -0.3 is 5.73 Å². The molecule has 80 valence electrons. The van der Waals surface area contributed by atoms with Crippen LogP contribution in [0.25, 0.3) is 10.1 Å². The van der Waals surface area contributed by atoms with Crippen molar-refractivity contribution >= 4 is 21.4 Å². The summed E-state index contributed by atoms with van der Waals surface area (Å²) in [5.41, 5.74) is 8.46. The molecule has 15 heavy (non-hydrogen) atoms. The van der Waals surface area contributed by atoms with Gasteiger partial charge in [0.15, 0.2) is 0 Å². The molecular formula is C13H17NS. The van der Waals surface area contributed by atoms with Crippen molar-refractivity contribution in [1.82, 2.24) is 0 Å². The highest BCUT2D eigenvalue weighted by Crippen LogP contribution is 2.33. The predicted octanol–water partition coefficient (Wildman–Crippen LogP) is 3.41. The highest BCUT2D eigenvalue weighted by molar-refractivity contribution is 7.19. The molecule has 1 aromatic heterocycles. The number of aryl methyl sites for hydroxylation is 3. The first-order valence-corrected chi connectivity index (χ1v) is 6.23. The Morgan fingerprint density at radius 1 is 1.27 bits per heavy atom. The van der Waals surface area contributed by atoms with E-state index >= 15 is 0 Å². The topological polar surface area (TPSA) is 26.0 Å². The van der Waals surface area contributed by atoms with Gasteiger partial charge in [-0.25, -0.2) is 0 Å². The second-order valence-corrected chi connectivity index (χ2v) is 5.21. The Hall–Kier alpha value is -0.860. The number of nitrogens with two attached hydrogens (primary N) is 1. The summed E-state index contributed by atoms with van der Waals surface area (Å²) in [6, 6.07) is 6.57. The van der Waals surface area contributed by atoms with E-state index in [0.717, 1.165) is 19.4 Å². The lowest BCUT2D eigenvalue weighted by Crippen LogP contribution is -2.00. The third kappa shape index (κ3) is 1.92. The van der Waals surface area contributed by atoms with Gasteiger partial charge in [0, 0.05) is 9.58 Å². The lowest BCUT2D eigenvalue weighted by Gasteiger charge is -2.00. The van der Waals surface area contributed by atoms with Gasteiger partial charge in [0.05, 0.1) is 0 Å². The van der Waals surface area contributed by atoms with Crippen LogP contribution in [0.15, 0.2) is 18.2 Å². The summed E-state index contributed by atoms with van der Waals surface area (Å²) >= 11 is 1.91. The van der Waals surface area contributed by atoms with Crippen LogP contribution in [0.1, 0.15) is 22.4 Å². The van der Waals surface area contributed by atoms with Crippen molar-refractivity contribution in [3.63, 3.8) is 0 Å². The number of fused-ring (bicyclic) bond motifs is 1. The van der Waals surface area contributed by atoms with Gasteiger partial charge in [-0.05, 0) is 49.7 Å². The van der Waals surface area contributed by atoms with E-state index in [4.69, 9.17) is 5.73 Å². The smallest absolute Gasteiger partial charge is 0.0377 e. The summed E-state index contributed by atoms with van der Waals surface area (Å²) in [6.07, 6.45) is 2.20. The lowest BCUT2D eigenvalue weighted by molar-refractivity contribution is 0.835. The van der Waals surface area contributed by atoms with Gasteiger partial charge >= 0.3 is 0 Å². The summed E-state index contributed by atoms with van der Waals surface area (Å²) in [5.74, 6) is 0. The maximum absolute atomic E-state index is 5.57. The molecule has 2 rings (SSSR count). The van der Waals surface area contributed by atoms with Gasteiger partial charge in [-0.15, -0.1) is 11.3 Å². The number of benzene rings is 1. The van der Waals surface area contributed by atoms with E-state index < -0.39 is 0 Å². The number of thiophene rings is 1. The van der Waals surface area contributed by atoms with Crippen LogP contribution in [0.4, 0.5) is 0 Å². The number of hydrogen-bond acceptors (Lipinski definition) is 2. The Morgan fingerprint density at radius 3 is 2.80 bits per heavy atom. The molecule has 0 aliphatic rings. The highest BCUT2D eigenvalue weighted by Gasteiger charge is 2.09. The van der Waals surface area contributed by atoms with Crippen LogP contribution in [0.5, 0.6) is 0 Å². The fourth-order valence-electron chi connectivity index (χ4n) is 2.02. The van der Waals surface area contributed by atoms with E-state index in [9.17, 15) is 0 Å². The predicted molar refractivity (Wildman–Crippen MR) is 68.7 cm³/mol. The molecular weight excluding hydrogens is 202 g/mol. The molecule has 0 aliphatic heterocycles. The molecule has 1 heterocycles. The van der Waals surface area contributed by atoms with E-state index in [1.54, 1.807) is 0 Å². The third-order valence-corrected chi connectivity index (χ3v) is 4.15. The maximum atomic E-state index is 5.57. The summed E-state index contributed by atoms with van der Waals surface area (Å²) in [7, 11) is 0. The molecule has 0 spiro atoms. The van der Waals surface area contributed by atoms with Crippen molar-refractivity contribution in [1.29, 1.82) is 0 Å². The zero-order valence-electron chi connectivity index (χ0n) is 9.34. The normalized spacial score (nSPS) is 11.1. The molecule has 0 unspecified atom stereocenters. The molecule has 0 radical (unpaired) electrons. The zero-order valence-corrected chi connectivity index (χ0v) is 10.2. The highest BCUT2D eigenvalue weighted by atomic mass is 32.1. The number of hydrogen-bond donors (Lipinski definition) is 1. The fourth-order valence-corrected chi connectivity index (χ4v) is 3.19. The molecule has 0 amide bonds. The molecule has 1 aromatic carbocycles. The van der Waals surface area contributed by atoms with Crippen LogP contribution in [0, 0.1) is 13.8 Å². The van der Waals surface area contributed by atoms with E-state index in [2.05, 4.69) is 32.0 Å². The van der Waals surface area contributed by atoms with E-state index in [-0.39, 0.29) is 0 Å². The Kier molecular flexibility index (Phi) is 3.08. The van der Waals surface area contributed by atoms with Crippen LogP contribution in [0.2, 0.25) is 0 Å². The number of rotatable bonds is 3. The van der Waals surface area contributed by atoms with Crippen molar-refractivity contribution in [2.45, 2.75) is 26.7 Å². The Labute approximate surface area is 94.9 Å². The standard InChI is InChI=1S/C13H17NS/c1-9-5-3-6-12-11(7-4-8-14)10(2)15-13(9)12/h3,5-6H,4,7-8,14H2,1-2H3. The van der Waals surface area contributed by atoms with Gasteiger partial charge in [-0.2, -0.15) is 0 Å². The molecule has 0 fully saturated rings. The van der Waals surface area contributed by atoms with Gasteiger partial charge in [0.1, 0.15) is 0 Å². The Bertz CT molecular complexity index is 471. The molecule has 0 aliphatic carbocycles. The van der Waals surface area contributed by atoms with Crippen molar-refractivity contribution in [2.24, 2.45) is 5.73 Å². The largest absolute Gasteiger partial charge is 0.330 e. The van der Waals surface area contributed by atoms with Crippen LogP contribution in [0.3, 0.4) is 0 Å². The second kappa shape index (κ2) is 4.33. The molecule has 2 N–H and O–H groups in total. The second-order valence-electron chi connectivity index (χ2n) is 3.98. The third-order valence-electron chi connectivity index (χ3n) is 2.85. The summed E-state index contributed by atoms with van der Waals surface area (Å²) in [4.78, 5) is 1.45. The van der Waals surface area contributed by atoms with Gasteiger partial charge in [-0.1, -0.05) is 18.2 Å². The Morgan fingerprint density at radius 2 is 2.07 bits per heavy atom. The van der Waals surface area contributed by atoms with E-state index in [0.29, 0.717) is 0 Å². The minimum Gasteiger partial charge on any atom is -0.330 e. The molecule has 2 aromatic rings. The summed E-state index contributed by atoms with van der Waals surface area (Å²) < 4.78 is 1.45. The van der Waals surface area contributed by atoms with Crippen molar-refractivity contribution in [3.05, 3.63) is 34.2 Å². The van der Waals surface area contributed by atoms with Gasteiger partial charge in [0.2, 0.25) is 0 Å². The van der Waals surface area contributed by atoms with Crippen molar-refractivity contribution in [3.8, 4) is 0 Å². The molecule has 0 atom stereocenters. The van der Waals surface area contributed by atoms with E-state index in [1.807, 2.05) is 11.3 Å². The van der Waals surface area contributed by atoms with E-state index in [1.165, 1.54) is 26.1 Å². The first kappa shape index (κ1) is 10.7.